The lowest BCUT2D eigenvalue weighted by atomic mass is 9.80. The van der Waals surface area contributed by atoms with Crippen LogP contribution in [-0.4, -0.2) is 57.2 Å². The van der Waals surface area contributed by atoms with E-state index in [2.05, 4.69) is 15.5 Å². The van der Waals surface area contributed by atoms with E-state index in [1.165, 1.54) is 11.8 Å². The fraction of sp³-hybridized carbons (Fsp3) is 0.214. The molecule has 198 valence electrons. The van der Waals surface area contributed by atoms with Crippen LogP contribution in [0.15, 0.2) is 81.5 Å². The molecule has 1 aliphatic heterocycles. The fourth-order valence-electron chi connectivity index (χ4n) is 4.61. The lowest BCUT2D eigenvalue weighted by Gasteiger charge is -2.14. The van der Waals surface area contributed by atoms with E-state index in [-0.39, 0.29) is 12.3 Å². The lowest BCUT2D eigenvalue weighted by Crippen LogP contribution is -2.31. The second-order valence-electron chi connectivity index (χ2n) is 9.01. The molecule has 0 spiro atoms. The van der Waals surface area contributed by atoms with Gasteiger partial charge in [0.2, 0.25) is 5.91 Å². The van der Waals surface area contributed by atoms with Crippen LogP contribution in [-0.2, 0) is 4.79 Å². The highest BCUT2D eigenvalue weighted by Crippen LogP contribution is 2.35. The van der Waals surface area contributed by atoms with Gasteiger partial charge in [-0.25, -0.2) is 0 Å². The molecule has 3 N–H and O–H groups in total. The van der Waals surface area contributed by atoms with Gasteiger partial charge < -0.3 is 20.1 Å². The Balaban J connectivity index is 1.59. The molecule has 4 aromatic rings. The van der Waals surface area contributed by atoms with Gasteiger partial charge in [-0.1, -0.05) is 42.1 Å². The smallest absolute Gasteiger partial charge is 0.489 e. The number of benzene rings is 3. The van der Waals surface area contributed by atoms with Crippen LogP contribution >= 0.6 is 11.8 Å². The zero-order valence-electron chi connectivity index (χ0n) is 21.8. The average Bonchev–Trinajstić information content (AvgIpc) is 3.26. The van der Waals surface area contributed by atoms with E-state index >= 15 is 0 Å². The van der Waals surface area contributed by atoms with Crippen molar-refractivity contribution < 1.29 is 19.6 Å². The summed E-state index contributed by atoms with van der Waals surface area (Å²) in [6, 6.07) is 20.3. The van der Waals surface area contributed by atoms with Crippen molar-refractivity contribution >= 4 is 36.0 Å². The van der Waals surface area contributed by atoms with Crippen molar-refractivity contribution in [3.05, 3.63) is 89.5 Å². The number of hydrogen-bond acceptors (Lipinski definition) is 8. The Hall–Kier alpha value is -3.93. The van der Waals surface area contributed by atoms with Gasteiger partial charge in [-0.2, -0.15) is 0 Å². The Morgan fingerprint density at radius 2 is 1.87 bits per heavy atom. The zero-order valence-corrected chi connectivity index (χ0v) is 22.6. The van der Waals surface area contributed by atoms with Crippen molar-refractivity contribution in [1.29, 1.82) is 0 Å². The minimum absolute atomic E-state index is 0.113. The molecule has 0 aliphatic carbocycles. The quantitative estimate of drug-likeness (QED) is 0.293. The molecular formula is C28H28BN5O4S. The summed E-state index contributed by atoms with van der Waals surface area (Å²) in [7, 11) is 0.0708. The number of carbonyl (C=O) groups is 1. The number of aryl methyl sites for hydroxylation is 1. The summed E-state index contributed by atoms with van der Waals surface area (Å²) in [5.41, 5.74) is 3.72. The van der Waals surface area contributed by atoms with Crippen molar-refractivity contribution in [1.82, 2.24) is 20.1 Å². The molecule has 11 heteroatoms. The third-order valence-electron chi connectivity index (χ3n) is 6.44. The second-order valence-corrected chi connectivity index (χ2v) is 10.1. The number of methoxy groups -OCH3 is 1. The van der Waals surface area contributed by atoms with Gasteiger partial charge >= 0.3 is 7.12 Å². The van der Waals surface area contributed by atoms with Gasteiger partial charge in [0.15, 0.2) is 5.82 Å². The predicted octanol–water partition coefficient (Wildman–Crippen LogP) is 2.83. The molecule has 0 saturated carbocycles. The Morgan fingerprint density at radius 1 is 1.10 bits per heavy atom. The minimum atomic E-state index is -1.55. The third-order valence-corrected chi connectivity index (χ3v) is 7.54. The highest BCUT2D eigenvalue weighted by molar-refractivity contribution is 7.99. The molecule has 0 saturated heterocycles. The molecule has 0 radical (unpaired) electrons. The molecule has 0 fully saturated rings. The van der Waals surface area contributed by atoms with Crippen molar-refractivity contribution in [3.8, 4) is 11.4 Å². The van der Waals surface area contributed by atoms with Crippen LogP contribution in [0.4, 0.5) is 0 Å². The van der Waals surface area contributed by atoms with Gasteiger partial charge in [-0.15, -0.1) is 10.2 Å². The number of fused-ring (bicyclic) bond motifs is 3. The number of nitrogens with one attached hydrogen (secondary N) is 1. The first-order chi connectivity index (χ1) is 18.9. The highest BCUT2D eigenvalue weighted by atomic mass is 32.2. The number of aromatic nitrogens is 3. The van der Waals surface area contributed by atoms with E-state index in [0.717, 1.165) is 26.6 Å². The molecule has 39 heavy (non-hydrogen) atoms. The molecule has 1 aromatic heterocycles. The molecule has 9 nitrogen and oxygen atoms in total. The molecule has 1 aliphatic rings. The van der Waals surface area contributed by atoms with Gasteiger partial charge in [0.05, 0.1) is 24.9 Å². The summed E-state index contributed by atoms with van der Waals surface area (Å²) in [6.07, 6.45) is 0.134. The van der Waals surface area contributed by atoms with Crippen molar-refractivity contribution in [2.75, 3.05) is 13.7 Å². The van der Waals surface area contributed by atoms with Crippen LogP contribution in [0.3, 0.4) is 0 Å². The van der Waals surface area contributed by atoms with Crippen molar-refractivity contribution in [2.45, 2.75) is 36.1 Å². The third kappa shape index (κ3) is 5.47. The predicted molar refractivity (Wildman–Crippen MR) is 151 cm³/mol. The molecule has 0 bridgehead atoms. The van der Waals surface area contributed by atoms with Crippen LogP contribution in [0, 0.1) is 6.92 Å². The fourth-order valence-corrected chi connectivity index (χ4v) is 5.57. The van der Waals surface area contributed by atoms with Crippen LogP contribution in [0.25, 0.3) is 5.69 Å². The SMILES string of the molecule is CCNC(=O)C[C@@H]1N=C(c2ccc(Sc3ccccc3B(O)O)cc2)c2cc(OC)ccc2-n2c(C)nnc21. The molecule has 0 unspecified atom stereocenters. The van der Waals surface area contributed by atoms with E-state index in [1.807, 2.05) is 73.0 Å². The Kier molecular flexibility index (Phi) is 7.83. The van der Waals surface area contributed by atoms with Crippen LogP contribution in [0.2, 0.25) is 0 Å². The number of nitrogens with zero attached hydrogens (tertiary/aromatic N) is 4. The van der Waals surface area contributed by atoms with E-state index in [4.69, 9.17) is 9.73 Å². The van der Waals surface area contributed by atoms with E-state index in [9.17, 15) is 14.8 Å². The Morgan fingerprint density at radius 3 is 2.59 bits per heavy atom. The summed E-state index contributed by atoms with van der Waals surface area (Å²) in [5, 5.41) is 31.0. The van der Waals surface area contributed by atoms with Gasteiger partial charge in [-0.05, 0) is 55.7 Å². The van der Waals surface area contributed by atoms with E-state index < -0.39 is 13.2 Å². The molecule has 2 heterocycles. The van der Waals surface area contributed by atoms with Gasteiger partial charge in [0, 0.05) is 27.5 Å². The minimum Gasteiger partial charge on any atom is -0.497 e. The first kappa shape index (κ1) is 26.7. The number of rotatable bonds is 8. The van der Waals surface area contributed by atoms with Crippen molar-refractivity contribution in [3.63, 3.8) is 0 Å². The number of aliphatic imine (C=N–C) groups is 1. The van der Waals surface area contributed by atoms with Crippen molar-refractivity contribution in [2.24, 2.45) is 4.99 Å². The monoisotopic (exact) mass is 541 g/mol. The maximum absolute atomic E-state index is 12.7. The number of ether oxygens (including phenoxy) is 1. The van der Waals surface area contributed by atoms with Crippen LogP contribution in [0.1, 0.15) is 42.2 Å². The highest BCUT2D eigenvalue weighted by Gasteiger charge is 2.30. The summed E-state index contributed by atoms with van der Waals surface area (Å²) >= 11 is 1.45. The second kappa shape index (κ2) is 11.4. The van der Waals surface area contributed by atoms with Gasteiger partial charge in [0.1, 0.15) is 17.6 Å². The number of carbonyl (C=O) groups excluding carboxylic acids is 1. The molecule has 3 aromatic carbocycles. The topological polar surface area (TPSA) is 122 Å². The average molecular weight is 541 g/mol. The van der Waals surface area contributed by atoms with Gasteiger partial charge in [0.25, 0.3) is 0 Å². The standard InChI is InChI=1S/C28H28BN5O4S/c1-4-30-26(35)16-23-28-33-32-17(2)34(28)24-14-11-19(38-3)15-21(24)27(31-23)18-9-12-20(13-10-18)39-25-8-6-5-7-22(25)29(36)37/h5-15,23,36-37H,4,16H2,1-3H3,(H,30,35)/t23-/m0/s1. The zero-order chi connectivity index (χ0) is 27.5. The largest absolute Gasteiger partial charge is 0.497 e. The maximum Gasteiger partial charge on any atom is 0.489 e. The Labute approximate surface area is 231 Å². The summed E-state index contributed by atoms with van der Waals surface area (Å²) in [5.74, 6) is 1.87. The molecule has 1 atom stereocenters. The maximum atomic E-state index is 12.7. The summed E-state index contributed by atoms with van der Waals surface area (Å²) in [4.78, 5) is 19.4. The summed E-state index contributed by atoms with van der Waals surface area (Å²) < 4.78 is 7.50. The Bertz CT molecular complexity index is 1540. The summed E-state index contributed by atoms with van der Waals surface area (Å²) in [6.45, 7) is 4.29. The molecule has 1 amide bonds. The van der Waals surface area contributed by atoms with Crippen LogP contribution in [0.5, 0.6) is 5.75 Å². The normalized spacial score (nSPS) is 14.1. The first-order valence-corrected chi connectivity index (χ1v) is 13.4. The lowest BCUT2D eigenvalue weighted by molar-refractivity contribution is -0.121. The van der Waals surface area contributed by atoms with E-state index in [0.29, 0.717) is 35.1 Å². The van der Waals surface area contributed by atoms with Crippen LogP contribution < -0.4 is 15.5 Å². The van der Waals surface area contributed by atoms with Gasteiger partial charge in [-0.3, -0.25) is 14.4 Å². The first-order valence-electron chi connectivity index (χ1n) is 12.6. The number of hydrogen-bond donors (Lipinski definition) is 3. The number of amides is 1. The molecular weight excluding hydrogens is 513 g/mol. The molecule has 5 rings (SSSR count). The van der Waals surface area contributed by atoms with E-state index in [1.54, 1.807) is 19.2 Å².